The molecule has 1 aliphatic heterocycles. The van der Waals surface area contributed by atoms with E-state index in [0.717, 1.165) is 25.7 Å². The van der Waals surface area contributed by atoms with Gasteiger partial charge in [0, 0.05) is 38.2 Å². The average Bonchev–Trinajstić information content (AvgIpc) is 2.62. The summed E-state index contributed by atoms with van der Waals surface area (Å²) in [6.45, 7) is 3.20. The largest absolute Gasteiger partial charge is 0.338 e. The van der Waals surface area contributed by atoms with E-state index in [-0.39, 0.29) is 42.6 Å². The van der Waals surface area contributed by atoms with Crippen molar-refractivity contribution in [3.05, 3.63) is 24.3 Å². The lowest BCUT2D eigenvalue weighted by molar-refractivity contribution is -0.120. The third-order valence-electron chi connectivity index (χ3n) is 4.35. The zero-order valence-electron chi connectivity index (χ0n) is 15.2. The Morgan fingerprint density at radius 3 is 2.35 bits per heavy atom. The Morgan fingerprint density at radius 1 is 1.08 bits per heavy atom. The summed E-state index contributed by atoms with van der Waals surface area (Å²) in [5, 5.41) is 5.48. The number of urea groups is 1. The molecule has 2 rings (SSSR count). The van der Waals surface area contributed by atoms with Gasteiger partial charge in [-0.15, -0.1) is 0 Å². The zero-order chi connectivity index (χ0) is 19.0. The third kappa shape index (κ3) is 5.81. The van der Waals surface area contributed by atoms with Crippen LogP contribution in [0.1, 0.15) is 45.4 Å². The molecule has 7 nitrogen and oxygen atoms in total. The van der Waals surface area contributed by atoms with Crippen LogP contribution in [0.4, 0.5) is 10.5 Å². The molecule has 0 bridgehead atoms. The van der Waals surface area contributed by atoms with Gasteiger partial charge in [-0.2, -0.15) is 4.31 Å². The van der Waals surface area contributed by atoms with Crippen LogP contribution < -0.4 is 10.6 Å². The van der Waals surface area contributed by atoms with E-state index in [1.54, 1.807) is 12.1 Å². The first kappa shape index (κ1) is 20.4. The zero-order valence-corrected chi connectivity index (χ0v) is 16.0. The predicted molar refractivity (Wildman–Crippen MR) is 101 cm³/mol. The molecular formula is C18H27N3O4S. The second-order valence-electron chi connectivity index (χ2n) is 6.41. The monoisotopic (exact) mass is 381 g/mol. The Hall–Kier alpha value is -1.93. The van der Waals surface area contributed by atoms with E-state index in [4.69, 9.17) is 0 Å². The fourth-order valence-corrected chi connectivity index (χ4v) is 4.21. The molecule has 0 radical (unpaired) electrons. The second-order valence-corrected chi connectivity index (χ2v) is 8.35. The van der Waals surface area contributed by atoms with Crippen molar-refractivity contribution in [2.45, 2.75) is 50.3 Å². The molecule has 0 atom stereocenters. The van der Waals surface area contributed by atoms with Gasteiger partial charge in [-0.1, -0.05) is 26.2 Å². The minimum Gasteiger partial charge on any atom is -0.338 e. The van der Waals surface area contributed by atoms with Gasteiger partial charge >= 0.3 is 6.03 Å². The minimum atomic E-state index is -3.60. The summed E-state index contributed by atoms with van der Waals surface area (Å²) in [4.78, 5) is 23.3. The molecule has 2 amide bonds. The Morgan fingerprint density at radius 2 is 1.73 bits per heavy atom. The topological polar surface area (TPSA) is 95.6 Å². The van der Waals surface area contributed by atoms with E-state index in [1.807, 2.05) is 0 Å². The summed E-state index contributed by atoms with van der Waals surface area (Å²) in [5.41, 5.74) is 0.531. The van der Waals surface area contributed by atoms with E-state index in [2.05, 4.69) is 17.6 Å². The number of Topliss-reactive ketones (excluding diaryl/α,β-unsaturated/α-hetero) is 1. The van der Waals surface area contributed by atoms with Crippen molar-refractivity contribution >= 4 is 27.5 Å². The second kappa shape index (κ2) is 9.68. The molecule has 0 aliphatic carbocycles. The van der Waals surface area contributed by atoms with Crippen molar-refractivity contribution in [1.82, 2.24) is 9.62 Å². The van der Waals surface area contributed by atoms with Crippen LogP contribution in [0.15, 0.2) is 29.2 Å². The predicted octanol–water partition coefficient (Wildman–Crippen LogP) is 2.74. The molecule has 1 aliphatic rings. The van der Waals surface area contributed by atoms with E-state index in [1.165, 1.54) is 16.4 Å². The first-order valence-electron chi connectivity index (χ1n) is 9.10. The number of unbranched alkanes of at least 4 members (excludes halogenated alkanes) is 3. The maximum atomic E-state index is 12.6. The molecule has 1 aromatic carbocycles. The van der Waals surface area contributed by atoms with Crippen molar-refractivity contribution in [1.29, 1.82) is 0 Å². The number of piperidine rings is 1. The highest BCUT2D eigenvalue weighted by atomic mass is 32.2. The number of hydrogen-bond acceptors (Lipinski definition) is 4. The molecular weight excluding hydrogens is 354 g/mol. The average molecular weight is 381 g/mol. The van der Waals surface area contributed by atoms with Gasteiger partial charge in [-0.25, -0.2) is 13.2 Å². The minimum absolute atomic E-state index is 0.0942. The van der Waals surface area contributed by atoms with E-state index in [9.17, 15) is 18.0 Å². The SMILES string of the molecule is CCCCCCNC(=O)Nc1ccc(S(=O)(=O)N2CCC(=O)CC2)cc1. The fraction of sp³-hybridized carbons (Fsp3) is 0.556. The highest BCUT2D eigenvalue weighted by Crippen LogP contribution is 2.21. The van der Waals surface area contributed by atoms with Gasteiger partial charge in [0.25, 0.3) is 0 Å². The van der Waals surface area contributed by atoms with Crippen LogP contribution in [0.5, 0.6) is 0 Å². The number of nitrogens with one attached hydrogen (secondary N) is 2. The van der Waals surface area contributed by atoms with Gasteiger partial charge in [0.05, 0.1) is 4.90 Å². The molecule has 0 aromatic heterocycles. The summed E-state index contributed by atoms with van der Waals surface area (Å²) in [6.07, 6.45) is 4.86. The Labute approximate surface area is 155 Å². The lowest BCUT2D eigenvalue weighted by atomic mass is 10.1. The number of benzene rings is 1. The number of hydrogen-bond donors (Lipinski definition) is 2. The smallest absolute Gasteiger partial charge is 0.319 e. The van der Waals surface area contributed by atoms with Crippen molar-refractivity contribution in [3.8, 4) is 0 Å². The molecule has 1 heterocycles. The van der Waals surface area contributed by atoms with Gasteiger partial charge in [-0.05, 0) is 30.7 Å². The summed E-state index contributed by atoms with van der Waals surface area (Å²) in [6, 6.07) is 5.79. The van der Waals surface area contributed by atoms with Crippen molar-refractivity contribution in [2.24, 2.45) is 0 Å². The van der Waals surface area contributed by atoms with Gasteiger partial charge in [-0.3, -0.25) is 4.79 Å². The lowest BCUT2D eigenvalue weighted by Crippen LogP contribution is -2.38. The molecule has 1 fully saturated rings. The van der Waals surface area contributed by atoms with Crippen LogP contribution in [-0.4, -0.2) is 44.2 Å². The third-order valence-corrected chi connectivity index (χ3v) is 6.26. The van der Waals surface area contributed by atoms with Gasteiger partial charge < -0.3 is 10.6 Å². The van der Waals surface area contributed by atoms with Gasteiger partial charge in [0.2, 0.25) is 10.0 Å². The van der Waals surface area contributed by atoms with Crippen LogP contribution >= 0.6 is 0 Å². The number of sulfonamides is 1. The molecule has 8 heteroatoms. The molecule has 0 spiro atoms. The van der Waals surface area contributed by atoms with Crippen molar-refractivity contribution in [2.75, 3.05) is 25.0 Å². The van der Waals surface area contributed by atoms with Crippen LogP contribution in [0.3, 0.4) is 0 Å². The van der Waals surface area contributed by atoms with Crippen LogP contribution in [0.25, 0.3) is 0 Å². The molecule has 0 unspecified atom stereocenters. The summed E-state index contributed by atoms with van der Waals surface area (Å²) in [5.74, 6) is 0.0942. The molecule has 1 aromatic rings. The summed E-state index contributed by atoms with van der Waals surface area (Å²) < 4.78 is 26.5. The number of nitrogens with zero attached hydrogens (tertiary/aromatic N) is 1. The van der Waals surface area contributed by atoms with Crippen LogP contribution in [0.2, 0.25) is 0 Å². The molecule has 0 saturated carbocycles. The van der Waals surface area contributed by atoms with Crippen molar-refractivity contribution < 1.29 is 18.0 Å². The number of rotatable bonds is 8. The fourth-order valence-electron chi connectivity index (χ4n) is 2.76. The van der Waals surface area contributed by atoms with Crippen molar-refractivity contribution in [3.63, 3.8) is 0 Å². The number of anilines is 1. The first-order valence-corrected chi connectivity index (χ1v) is 10.5. The Bertz CT molecular complexity index is 706. The molecule has 1 saturated heterocycles. The van der Waals surface area contributed by atoms with Crippen LogP contribution in [-0.2, 0) is 14.8 Å². The van der Waals surface area contributed by atoms with E-state index >= 15 is 0 Å². The molecule has 144 valence electrons. The standard InChI is InChI=1S/C18H27N3O4S/c1-2-3-4-5-12-19-18(23)20-15-6-8-17(9-7-15)26(24,25)21-13-10-16(22)11-14-21/h6-9H,2-5,10-14H2,1H3,(H2,19,20,23). The van der Waals surface area contributed by atoms with Gasteiger partial charge in [0.15, 0.2) is 0 Å². The maximum absolute atomic E-state index is 12.6. The van der Waals surface area contributed by atoms with E-state index < -0.39 is 10.0 Å². The first-order chi connectivity index (χ1) is 12.4. The highest BCUT2D eigenvalue weighted by Gasteiger charge is 2.28. The number of carbonyl (C=O) groups excluding carboxylic acids is 2. The highest BCUT2D eigenvalue weighted by molar-refractivity contribution is 7.89. The quantitative estimate of drug-likeness (QED) is 0.677. The van der Waals surface area contributed by atoms with E-state index in [0.29, 0.717) is 12.2 Å². The lowest BCUT2D eigenvalue weighted by Gasteiger charge is -2.25. The number of carbonyl (C=O) groups is 2. The number of ketones is 1. The Kier molecular flexibility index (Phi) is 7.59. The summed E-state index contributed by atoms with van der Waals surface area (Å²) >= 11 is 0. The number of amides is 2. The summed E-state index contributed by atoms with van der Waals surface area (Å²) in [7, 11) is -3.60. The molecule has 26 heavy (non-hydrogen) atoms. The normalized spacial score (nSPS) is 15.7. The van der Waals surface area contributed by atoms with Crippen LogP contribution in [0, 0.1) is 0 Å². The molecule has 2 N–H and O–H groups in total. The Balaban J connectivity index is 1.87. The van der Waals surface area contributed by atoms with Gasteiger partial charge in [0.1, 0.15) is 5.78 Å². The maximum Gasteiger partial charge on any atom is 0.319 e.